The van der Waals surface area contributed by atoms with E-state index in [1.807, 2.05) is 0 Å². The summed E-state index contributed by atoms with van der Waals surface area (Å²) in [5, 5.41) is 0. The van der Waals surface area contributed by atoms with E-state index in [1.165, 1.54) is 7.11 Å². The van der Waals surface area contributed by atoms with E-state index in [9.17, 15) is 9.32 Å². The van der Waals surface area contributed by atoms with Crippen molar-refractivity contribution >= 4 is 5.97 Å². The first-order valence-corrected chi connectivity index (χ1v) is 2.11. The lowest BCUT2D eigenvalue weighted by Gasteiger charge is -1.90. The summed E-state index contributed by atoms with van der Waals surface area (Å²) < 4.78 is 15.3. The molecule has 0 amide bonds. The van der Waals surface area contributed by atoms with E-state index in [4.69, 9.17) is 0 Å². The predicted octanol–water partition coefficient (Wildman–Crippen LogP) is 0.451. The Morgan fingerprint density at radius 2 is 2.38 bits per heavy atom. The first-order chi connectivity index (χ1) is 3.81. The summed E-state index contributed by atoms with van der Waals surface area (Å²) in [6, 6.07) is 0. The Hall–Kier alpha value is -0.640. The van der Waals surface area contributed by atoms with Gasteiger partial charge in [-0.1, -0.05) is 0 Å². The highest BCUT2D eigenvalue weighted by Gasteiger charge is 1.99. The number of methoxy groups -OCH3 is 1. The maximum Gasteiger partial charge on any atom is 0.351 e. The Morgan fingerprint density at radius 3 is 2.75 bits per heavy atom. The van der Waals surface area contributed by atoms with Gasteiger partial charge in [0.05, 0.1) is 13.0 Å². The first kappa shape index (κ1) is 7.36. The summed E-state index contributed by atoms with van der Waals surface area (Å²) >= 11 is 0. The van der Waals surface area contributed by atoms with Gasteiger partial charge in [-0.25, -0.2) is 4.79 Å². The number of carbonyl (C=O) groups is 1. The molecule has 0 saturated carbocycles. The monoisotopic (exact) mass is 122 g/mol. The van der Waals surface area contributed by atoms with Crippen molar-refractivity contribution in [3.63, 3.8) is 0 Å². The van der Waals surface area contributed by atoms with Crippen LogP contribution in [0.25, 0.3) is 0 Å². The van der Waals surface area contributed by atoms with Crippen molar-refractivity contribution in [3.8, 4) is 0 Å². The largest absolute Gasteiger partial charge is 0.384 e. The van der Waals surface area contributed by atoms with Gasteiger partial charge in [-0.2, -0.15) is 0 Å². The smallest absolute Gasteiger partial charge is 0.351 e. The van der Waals surface area contributed by atoms with Crippen LogP contribution in [0.4, 0.5) is 4.53 Å². The molecule has 3 nitrogen and oxygen atoms in total. The van der Waals surface area contributed by atoms with Gasteiger partial charge in [-0.05, 0) is 0 Å². The zero-order valence-corrected chi connectivity index (χ0v) is 4.52. The molecule has 0 aliphatic carbocycles. The van der Waals surface area contributed by atoms with Crippen LogP contribution in [-0.4, -0.2) is 19.7 Å². The van der Waals surface area contributed by atoms with E-state index in [-0.39, 0.29) is 13.0 Å². The molecule has 0 rings (SSSR count). The predicted molar refractivity (Wildman–Crippen MR) is 23.7 cm³/mol. The summed E-state index contributed by atoms with van der Waals surface area (Å²) in [5.74, 6) is -0.896. The van der Waals surface area contributed by atoms with Crippen LogP contribution in [0.15, 0.2) is 0 Å². The molecule has 0 bridgehead atoms. The molecular weight excluding hydrogens is 115 g/mol. The Balaban J connectivity index is 2.99. The fourth-order valence-electron chi connectivity index (χ4n) is 0.224. The molecule has 0 saturated heterocycles. The fourth-order valence-corrected chi connectivity index (χ4v) is 0.224. The van der Waals surface area contributed by atoms with E-state index in [0.717, 1.165) is 0 Å². The van der Waals surface area contributed by atoms with E-state index in [1.54, 1.807) is 0 Å². The van der Waals surface area contributed by atoms with Crippen LogP contribution in [0, 0.1) is 0 Å². The van der Waals surface area contributed by atoms with Crippen molar-refractivity contribution in [3.05, 3.63) is 0 Å². The molecule has 0 radical (unpaired) electrons. The van der Waals surface area contributed by atoms with Crippen molar-refractivity contribution < 1.29 is 19.0 Å². The van der Waals surface area contributed by atoms with Gasteiger partial charge in [-0.3, -0.25) is 4.94 Å². The molecule has 0 atom stereocenters. The molecule has 0 aliphatic heterocycles. The van der Waals surface area contributed by atoms with Crippen molar-refractivity contribution in [1.29, 1.82) is 0 Å². The Kier molecular flexibility index (Phi) is 4.16. The topological polar surface area (TPSA) is 35.5 Å². The molecule has 0 aromatic rings. The normalized spacial score (nSPS) is 8.75. The van der Waals surface area contributed by atoms with Crippen LogP contribution in [0.3, 0.4) is 0 Å². The third kappa shape index (κ3) is 3.55. The molecule has 0 spiro atoms. The molecule has 0 fully saturated rings. The molecule has 4 heteroatoms. The van der Waals surface area contributed by atoms with E-state index >= 15 is 0 Å². The Bertz CT molecular complexity index is 73.7. The molecule has 8 heavy (non-hydrogen) atoms. The van der Waals surface area contributed by atoms with Gasteiger partial charge in [0.15, 0.2) is 0 Å². The van der Waals surface area contributed by atoms with Gasteiger partial charge >= 0.3 is 5.97 Å². The highest BCUT2D eigenvalue weighted by Crippen LogP contribution is 1.85. The molecule has 0 unspecified atom stereocenters. The third-order valence-corrected chi connectivity index (χ3v) is 0.596. The number of ether oxygens (including phenoxy) is 1. The SMILES string of the molecule is COCCC(=O)OF. The summed E-state index contributed by atoms with van der Waals surface area (Å²) in [5.41, 5.74) is 0. The summed E-state index contributed by atoms with van der Waals surface area (Å²) in [7, 11) is 1.42. The van der Waals surface area contributed by atoms with Gasteiger partial charge < -0.3 is 4.74 Å². The minimum atomic E-state index is -0.896. The van der Waals surface area contributed by atoms with Crippen LogP contribution < -0.4 is 0 Å². The van der Waals surface area contributed by atoms with Gasteiger partial charge in [0.2, 0.25) is 0 Å². The van der Waals surface area contributed by atoms with Crippen LogP contribution in [0.1, 0.15) is 6.42 Å². The second kappa shape index (κ2) is 4.52. The first-order valence-electron chi connectivity index (χ1n) is 2.11. The van der Waals surface area contributed by atoms with Gasteiger partial charge in [0.1, 0.15) is 0 Å². The second-order valence-corrected chi connectivity index (χ2v) is 1.19. The molecular formula is C4H7FO3. The minimum absolute atomic E-state index is 0.0347. The standard InChI is InChI=1S/C4H7FO3/c1-7-3-2-4(6)8-5/h2-3H2,1H3. The van der Waals surface area contributed by atoms with Crippen molar-refractivity contribution in [1.82, 2.24) is 0 Å². The average Bonchev–Trinajstić information content (AvgIpc) is 1.83. The number of hydrogen-bond donors (Lipinski definition) is 0. The summed E-state index contributed by atoms with van der Waals surface area (Å²) in [6.07, 6.45) is -0.0347. The highest BCUT2D eigenvalue weighted by molar-refractivity contribution is 5.68. The Labute approximate surface area is 46.3 Å². The van der Waals surface area contributed by atoms with Gasteiger partial charge in [0, 0.05) is 11.6 Å². The molecule has 0 aliphatic rings. The minimum Gasteiger partial charge on any atom is -0.384 e. The summed E-state index contributed by atoms with van der Waals surface area (Å²) in [4.78, 5) is 12.7. The summed E-state index contributed by atoms with van der Waals surface area (Å²) in [6.45, 7) is 0.197. The van der Waals surface area contributed by atoms with E-state index < -0.39 is 5.97 Å². The maximum absolute atomic E-state index is 10.8. The third-order valence-electron chi connectivity index (χ3n) is 0.596. The zero-order valence-electron chi connectivity index (χ0n) is 4.52. The average molecular weight is 122 g/mol. The van der Waals surface area contributed by atoms with Crippen molar-refractivity contribution in [2.75, 3.05) is 13.7 Å². The second-order valence-electron chi connectivity index (χ2n) is 1.19. The Morgan fingerprint density at radius 1 is 1.75 bits per heavy atom. The van der Waals surface area contributed by atoms with Crippen LogP contribution in [0.2, 0.25) is 0 Å². The lowest BCUT2D eigenvalue weighted by molar-refractivity contribution is -0.184. The number of hydrogen-bond acceptors (Lipinski definition) is 3. The molecule has 0 aromatic heterocycles. The molecule has 0 heterocycles. The van der Waals surface area contributed by atoms with E-state index in [0.29, 0.717) is 0 Å². The number of rotatable bonds is 3. The van der Waals surface area contributed by atoms with Crippen LogP contribution >= 0.6 is 0 Å². The van der Waals surface area contributed by atoms with Crippen molar-refractivity contribution in [2.24, 2.45) is 0 Å². The number of halogens is 1. The zero-order chi connectivity index (χ0) is 6.41. The molecule has 0 N–H and O–H groups in total. The lowest BCUT2D eigenvalue weighted by atomic mass is 10.5. The maximum atomic E-state index is 10.8. The van der Waals surface area contributed by atoms with E-state index in [2.05, 4.69) is 9.68 Å². The molecule has 0 aromatic carbocycles. The van der Waals surface area contributed by atoms with Gasteiger partial charge in [-0.15, -0.1) is 0 Å². The van der Waals surface area contributed by atoms with Crippen LogP contribution in [-0.2, 0) is 14.5 Å². The fraction of sp³-hybridized carbons (Fsp3) is 0.750. The molecule has 48 valence electrons. The highest BCUT2D eigenvalue weighted by atomic mass is 19.3. The van der Waals surface area contributed by atoms with Crippen LogP contribution in [0.5, 0.6) is 0 Å². The quantitative estimate of drug-likeness (QED) is 0.545. The lowest BCUT2D eigenvalue weighted by Crippen LogP contribution is -2.01. The number of carbonyl (C=O) groups excluding carboxylic acids is 1. The van der Waals surface area contributed by atoms with Gasteiger partial charge in [0.25, 0.3) is 0 Å². The van der Waals surface area contributed by atoms with Crippen molar-refractivity contribution in [2.45, 2.75) is 6.42 Å².